The van der Waals surface area contributed by atoms with Crippen LogP contribution < -0.4 is 16.0 Å². The van der Waals surface area contributed by atoms with Crippen LogP contribution in [0.15, 0.2) is 36.4 Å². The van der Waals surface area contributed by atoms with Gasteiger partial charge in [0.15, 0.2) is 0 Å². The molecule has 0 fully saturated rings. The third-order valence-corrected chi connectivity index (χ3v) is 6.00. The zero-order chi connectivity index (χ0) is 22.4. The van der Waals surface area contributed by atoms with Gasteiger partial charge in [-0.15, -0.1) is 0 Å². The normalized spacial score (nSPS) is 14.5. The quantitative estimate of drug-likeness (QED) is 0.637. The zero-order valence-corrected chi connectivity index (χ0v) is 19.0. The Labute approximate surface area is 185 Å². The number of fused-ring (bicyclic) bond motifs is 1. The Balaban J connectivity index is 1.45. The molecule has 1 unspecified atom stereocenters. The van der Waals surface area contributed by atoms with Gasteiger partial charge in [0, 0.05) is 31.4 Å². The lowest BCUT2D eigenvalue weighted by molar-refractivity contribution is -0.115. The number of rotatable bonds is 7. The monoisotopic (exact) mass is 422 g/mol. The molecule has 0 spiro atoms. The van der Waals surface area contributed by atoms with E-state index in [2.05, 4.69) is 52.0 Å². The molecule has 0 saturated heterocycles. The Kier molecular flexibility index (Phi) is 7.69. The molecule has 3 rings (SSSR count). The maximum absolute atomic E-state index is 12.3. The number of carbonyl (C=O) groups excluding carboxylic acids is 2. The lowest BCUT2D eigenvalue weighted by Crippen LogP contribution is -2.48. The van der Waals surface area contributed by atoms with E-state index in [1.807, 2.05) is 32.9 Å². The fraction of sp³-hybridized carbons (Fsp3) is 0.440. The van der Waals surface area contributed by atoms with Gasteiger partial charge in [-0.1, -0.05) is 48.9 Å². The van der Waals surface area contributed by atoms with Crippen molar-refractivity contribution in [2.45, 2.75) is 53.1 Å². The van der Waals surface area contributed by atoms with Crippen molar-refractivity contribution in [2.75, 3.05) is 25.0 Å². The largest absolute Gasteiger partial charge is 0.337 e. The van der Waals surface area contributed by atoms with E-state index in [0.29, 0.717) is 6.54 Å². The number of nitrogens with one attached hydrogen (secondary N) is 3. The van der Waals surface area contributed by atoms with Crippen LogP contribution in [0.25, 0.3) is 0 Å². The molecule has 2 aromatic rings. The van der Waals surface area contributed by atoms with Gasteiger partial charge < -0.3 is 16.0 Å². The molecule has 0 aromatic heterocycles. The second-order valence-electron chi connectivity index (χ2n) is 8.44. The SMILES string of the molecule is CCC(CNC(=O)NCC(=O)Nc1c(C)cc(C)cc1C)N1CCc2ccccc2C1. The van der Waals surface area contributed by atoms with Crippen LogP contribution in [-0.4, -0.2) is 42.5 Å². The van der Waals surface area contributed by atoms with Crippen molar-refractivity contribution >= 4 is 17.6 Å². The molecule has 0 radical (unpaired) electrons. The molecule has 6 nitrogen and oxygen atoms in total. The average Bonchev–Trinajstić information content (AvgIpc) is 2.75. The Hall–Kier alpha value is -2.86. The first-order valence-electron chi connectivity index (χ1n) is 11.1. The molecule has 1 aliphatic heterocycles. The lowest BCUT2D eigenvalue weighted by Gasteiger charge is -2.35. The number of hydrogen-bond acceptors (Lipinski definition) is 3. The summed E-state index contributed by atoms with van der Waals surface area (Å²) in [6, 6.07) is 12.6. The van der Waals surface area contributed by atoms with Crippen LogP contribution in [0, 0.1) is 20.8 Å². The molecule has 3 amide bonds. The summed E-state index contributed by atoms with van der Waals surface area (Å²) in [5.74, 6) is -0.232. The summed E-state index contributed by atoms with van der Waals surface area (Å²) in [6.45, 7) is 10.5. The number of carbonyl (C=O) groups is 2. The van der Waals surface area contributed by atoms with Crippen molar-refractivity contribution in [3.05, 3.63) is 64.2 Å². The minimum absolute atomic E-state index is 0.0630. The molecule has 0 bridgehead atoms. The van der Waals surface area contributed by atoms with E-state index >= 15 is 0 Å². The van der Waals surface area contributed by atoms with E-state index in [9.17, 15) is 9.59 Å². The fourth-order valence-electron chi connectivity index (χ4n) is 4.36. The molecular weight excluding hydrogens is 388 g/mol. The van der Waals surface area contributed by atoms with Crippen molar-refractivity contribution in [2.24, 2.45) is 0 Å². The molecule has 166 valence electrons. The van der Waals surface area contributed by atoms with Gasteiger partial charge in [-0.2, -0.15) is 0 Å². The fourth-order valence-corrected chi connectivity index (χ4v) is 4.36. The van der Waals surface area contributed by atoms with Crippen LogP contribution in [0.4, 0.5) is 10.5 Å². The molecule has 2 aromatic carbocycles. The van der Waals surface area contributed by atoms with Gasteiger partial charge in [0.05, 0.1) is 6.54 Å². The standard InChI is InChI=1S/C25H34N4O2/c1-5-22(29-11-10-20-8-6-7-9-21(20)16-29)14-26-25(31)27-15-23(30)28-24-18(3)12-17(2)13-19(24)4/h6-9,12-13,22H,5,10-11,14-16H2,1-4H3,(H,28,30)(H2,26,27,31). The summed E-state index contributed by atoms with van der Waals surface area (Å²) in [5, 5.41) is 8.51. The molecule has 1 aliphatic rings. The van der Waals surface area contributed by atoms with Crippen molar-refractivity contribution < 1.29 is 9.59 Å². The molecule has 0 aliphatic carbocycles. The third-order valence-electron chi connectivity index (χ3n) is 6.00. The van der Waals surface area contributed by atoms with Crippen molar-refractivity contribution in [3.63, 3.8) is 0 Å². The van der Waals surface area contributed by atoms with E-state index < -0.39 is 0 Å². The second-order valence-corrected chi connectivity index (χ2v) is 8.44. The van der Waals surface area contributed by atoms with Gasteiger partial charge in [-0.25, -0.2) is 4.79 Å². The number of benzene rings is 2. The Morgan fingerprint density at radius 2 is 1.71 bits per heavy atom. The van der Waals surface area contributed by atoms with E-state index in [1.165, 1.54) is 11.1 Å². The highest BCUT2D eigenvalue weighted by Crippen LogP contribution is 2.22. The maximum atomic E-state index is 12.3. The van der Waals surface area contributed by atoms with Crippen LogP contribution >= 0.6 is 0 Å². The Morgan fingerprint density at radius 3 is 2.39 bits per heavy atom. The first-order valence-corrected chi connectivity index (χ1v) is 11.1. The molecule has 6 heteroatoms. The Morgan fingerprint density at radius 1 is 1.03 bits per heavy atom. The smallest absolute Gasteiger partial charge is 0.315 e. The van der Waals surface area contributed by atoms with Gasteiger partial charge in [0.2, 0.25) is 5.91 Å². The topological polar surface area (TPSA) is 73.5 Å². The van der Waals surface area contributed by atoms with E-state index in [0.717, 1.165) is 48.3 Å². The number of hydrogen-bond donors (Lipinski definition) is 3. The minimum atomic E-state index is -0.316. The number of anilines is 1. The maximum Gasteiger partial charge on any atom is 0.315 e. The number of aryl methyl sites for hydroxylation is 3. The van der Waals surface area contributed by atoms with E-state index in [-0.39, 0.29) is 24.5 Å². The van der Waals surface area contributed by atoms with Crippen molar-refractivity contribution in [1.82, 2.24) is 15.5 Å². The van der Waals surface area contributed by atoms with Crippen LogP contribution in [-0.2, 0) is 17.8 Å². The Bertz CT molecular complexity index is 918. The summed E-state index contributed by atoms with van der Waals surface area (Å²) in [5.41, 5.74) is 6.80. The van der Waals surface area contributed by atoms with E-state index in [4.69, 9.17) is 0 Å². The predicted molar refractivity (Wildman–Crippen MR) is 125 cm³/mol. The molecular formula is C25H34N4O2. The van der Waals surface area contributed by atoms with Gasteiger partial charge in [-0.3, -0.25) is 9.69 Å². The molecule has 3 N–H and O–H groups in total. The van der Waals surface area contributed by atoms with Crippen LogP contribution in [0.5, 0.6) is 0 Å². The van der Waals surface area contributed by atoms with Crippen LogP contribution in [0.2, 0.25) is 0 Å². The van der Waals surface area contributed by atoms with E-state index in [1.54, 1.807) is 0 Å². The first-order chi connectivity index (χ1) is 14.9. The zero-order valence-electron chi connectivity index (χ0n) is 19.0. The summed E-state index contributed by atoms with van der Waals surface area (Å²) in [6.07, 6.45) is 1.99. The third kappa shape index (κ3) is 6.07. The molecule has 31 heavy (non-hydrogen) atoms. The summed E-state index contributed by atoms with van der Waals surface area (Å²) in [7, 11) is 0. The summed E-state index contributed by atoms with van der Waals surface area (Å²) < 4.78 is 0. The van der Waals surface area contributed by atoms with Gasteiger partial charge in [0.1, 0.15) is 0 Å². The minimum Gasteiger partial charge on any atom is -0.337 e. The van der Waals surface area contributed by atoms with Crippen molar-refractivity contribution in [1.29, 1.82) is 0 Å². The molecule has 1 heterocycles. The number of nitrogens with zero attached hydrogens (tertiary/aromatic N) is 1. The highest BCUT2D eigenvalue weighted by atomic mass is 16.2. The van der Waals surface area contributed by atoms with Crippen LogP contribution in [0.3, 0.4) is 0 Å². The van der Waals surface area contributed by atoms with Gasteiger partial charge in [-0.05, 0) is 55.9 Å². The van der Waals surface area contributed by atoms with Crippen molar-refractivity contribution in [3.8, 4) is 0 Å². The molecule has 1 atom stereocenters. The average molecular weight is 423 g/mol. The molecule has 0 saturated carbocycles. The second kappa shape index (κ2) is 10.4. The summed E-state index contributed by atoms with van der Waals surface area (Å²) in [4.78, 5) is 27.0. The first kappa shape index (κ1) is 22.8. The van der Waals surface area contributed by atoms with Gasteiger partial charge in [0.25, 0.3) is 0 Å². The lowest BCUT2D eigenvalue weighted by atomic mass is 9.98. The highest BCUT2D eigenvalue weighted by Gasteiger charge is 2.22. The summed E-state index contributed by atoms with van der Waals surface area (Å²) >= 11 is 0. The highest BCUT2D eigenvalue weighted by molar-refractivity contribution is 5.95. The van der Waals surface area contributed by atoms with Gasteiger partial charge >= 0.3 is 6.03 Å². The number of urea groups is 1. The van der Waals surface area contributed by atoms with Crippen LogP contribution in [0.1, 0.15) is 41.2 Å². The predicted octanol–water partition coefficient (Wildman–Crippen LogP) is 3.69. The number of amides is 3.